The van der Waals surface area contributed by atoms with Crippen LogP contribution in [0.15, 0.2) is 54.6 Å². The second kappa shape index (κ2) is 15.3. The average molecular weight is 737 g/mol. The van der Waals surface area contributed by atoms with Gasteiger partial charge < -0.3 is 18.3 Å². The van der Waals surface area contributed by atoms with Crippen molar-refractivity contribution in [3.63, 3.8) is 0 Å². The monoisotopic (exact) mass is 736 g/mol. The molecule has 1 fully saturated rings. The van der Waals surface area contributed by atoms with Crippen molar-refractivity contribution >= 4 is 51.4 Å². The molecule has 0 unspecified atom stereocenters. The Hall–Kier alpha value is -3.39. The third kappa shape index (κ3) is 9.35. The van der Waals surface area contributed by atoms with Crippen LogP contribution in [0.25, 0.3) is 28.1 Å². The van der Waals surface area contributed by atoms with Gasteiger partial charge in [0.15, 0.2) is 16.6 Å². The Morgan fingerprint density at radius 3 is 1.96 bits per heavy atom. The van der Waals surface area contributed by atoms with Gasteiger partial charge in [-0.3, -0.25) is 9.59 Å². The minimum atomic E-state index is -2.42. The molecule has 0 saturated carbocycles. The zero-order chi connectivity index (χ0) is 38.1. The molecule has 51 heavy (non-hydrogen) atoms. The van der Waals surface area contributed by atoms with E-state index in [0.717, 1.165) is 27.7 Å². The molecule has 0 N–H and O–H groups in total. The van der Waals surface area contributed by atoms with E-state index in [1.54, 1.807) is 0 Å². The highest BCUT2D eigenvalue weighted by atomic mass is 28.4. The van der Waals surface area contributed by atoms with Gasteiger partial charge in [0.25, 0.3) is 11.8 Å². The third-order valence-electron chi connectivity index (χ3n) is 10.7. The second-order valence-corrected chi connectivity index (χ2v) is 26.5. The minimum Gasteiger partial charge on any atom is -0.413 e. The molecular weight excluding hydrogens is 680 g/mol. The van der Waals surface area contributed by atoms with Gasteiger partial charge in [-0.15, -0.1) is 5.06 Å². The van der Waals surface area contributed by atoms with Gasteiger partial charge in [-0.2, -0.15) is 0 Å². The molecule has 278 valence electrons. The Labute approximate surface area is 305 Å². The molecule has 0 spiro atoms. The van der Waals surface area contributed by atoms with E-state index in [1.165, 1.54) is 12.1 Å². The predicted molar refractivity (Wildman–Crippen MR) is 207 cm³/mol. The van der Waals surface area contributed by atoms with E-state index >= 15 is 0 Å². The van der Waals surface area contributed by atoms with Crippen molar-refractivity contribution in [2.24, 2.45) is 0 Å². The van der Waals surface area contributed by atoms with E-state index in [9.17, 15) is 18.8 Å². The number of imide groups is 1. The molecule has 8 nitrogen and oxygen atoms in total. The molecule has 3 aromatic rings. The number of hydrogen-bond donors (Lipinski definition) is 0. The van der Waals surface area contributed by atoms with Crippen LogP contribution < -0.4 is 0 Å². The Kier molecular flexibility index (Phi) is 12.1. The van der Waals surface area contributed by atoms with Crippen LogP contribution in [0.1, 0.15) is 92.8 Å². The summed E-state index contributed by atoms with van der Waals surface area (Å²) in [7, 11) is -4.78. The lowest BCUT2D eigenvalue weighted by Crippen LogP contribution is -2.47. The topological polar surface area (TPSA) is 87.1 Å². The number of carbonyl (C=O) groups is 3. The van der Waals surface area contributed by atoms with Gasteiger partial charge in [-0.05, 0) is 80.0 Å². The summed E-state index contributed by atoms with van der Waals surface area (Å²) < 4.78 is 30.4. The number of hydrogen-bond acceptors (Lipinski definition) is 6. The van der Waals surface area contributed by atoms with Crippen molar-refractivity contribution in [2.75, 3.05) is 0 Å². The molecule has 2 atom stereocenters. The number of carbonyl (C=O) groups excluding carboxylic acids is 3. The number of fused-ring (bicyclic) bond motifs is 1. The highest BCUT2D eigenvalue weighted by Crippen LogP contribution is 2.42. The summed E-state index contributed by atoms with van der Waals surface area (Å²) in [6.07, 6.45) is 3.34. The molecule has 1 aliphatic heterocycles. The maximum Gasteiger partial charge on any atom is 0.335 e. The first-order valence-corrected chi connectivity index (χ1v) is 23.8. The fourth-order valence-corrected chi connectivity index (χ4v) is 8.50. The van der Waals surface area contributed by atoms with Crippen LogP contribution in [0.3, 0.4) is 0 Å². The molecule has 11 heteroatoms. The Morgan fingerprint density at radius 1 is 0.863 bits per heavy atom. The van der Waals surface area contributed by atoms with Crippen LogP contribution in [-0.4, -0.2) is 56.3 Å². The van der Waals surface area contributed by atoms with E-state index in [2.05, 4.69) is 110 Å². The van der Waals surface area contributed by atoms with Crippen LogP contribution in [0, 0.1) is 5.82 Å². The number of nitrogens with zero attached hydrogens (tertiary/aromatic N) is 2. The average Bonchev–Trinajstić information content (AvgIpc) is 3.50. The van der Waals surface area contributed by atoms with Crippen molar-refractivity contribution in [1.82, 2.24) is 9.63 Å². The Bertz CT molecular complexity index is 1750. The molecule has 0 aliphatic carbocycles. The summed E-state index contributed by atoms with van der Waals surface area (Å²) in [6.45, 7) is 25.9. The third-order valence-corrected chi connectivity index (χ3v) is 19.7. The van der Waals surface area contributed by atoms with Crippen LogP contribution in [0.5, 0.6) is 0 Å². The Morgan fingerprint density at radius 2 is 1.41 bits per heavy atom. The number of aromatic nitrogens is 1. The van der Waals surface area contributed by atoms with Crippen molar-refractivity contribution in [2.45, 2.75) is 136 Å². The molecule has 0 bridgehead atoms. The molecule has 1 saturated heterocycles. The number of hydroxylamine groups is 2. The lowest BCUT2D eigenvalue weighted by atomic mass is 10.0. The zero-order valence-electron chi connectivity index (χ0n) is 32.6. The highest BCUT2D eigenvalue weighted by Gasteiger charge is 2.43. The van der Waals surface area contributed by atoms with Gasteiger partial charge in [0.2, 0.25) is 0 Å². The molecule has 0 radical (unpaired) electrons. The normalized spacial score (nSPS) is 16.2. The second-order valence-electron chi connectivity index (χ2n) is 17.0. The molecule has 2 aromatic carbocycles. The van der Waals surface area contributed by atoms with E-state index in [1.807, 2.05) is 24.3 Å². The zero-order valence-corrected chi connectivity index (χ0v) is 34.6. The molecular formula is C40H57FN2O6Si2. The fourth-order valence-electron chi connectivity index (χ4n) is 5.85. The quantitative estimate of drug-likeness (QED) is 0.128. The maximum atomic E-state index is 14.1. The summed E-state index contributed by atoms with van der Waals surface area (Å²) >= 11 is 0. The van der Waals surface area contributed by atoms with Gasteiger partial charge in [0.1, 0.15) is 5.82 Å². The fraction of sp³-hybridized carbons (Fsp3) is 0.525. The van der Waals surface area contributed by atoms with E-state index < -0.39 is 46.6 Å². The number of para-hydroxylation sites is 1. The predicted octanol–water partition coefficient (Wildman–Crippen LogP) is 10.2. The van der Waals surface area contributed by atoms with Crippen molar-refractivity contribution < 1.29 is 32.5 Å². The lowest BCUT2D eigenvalue weighted by Gasteiger charge is -2.42. The molecule has 1 aliphatic rings. The highest BCUT2D eigenvalue weighted by molar-refractivity contribution is 6.74. The summed E-state index contributed by atoms with van der Waals surface area (Å²) in [5.74, 6) is -2.03. The smallest absolute Gasteiger partial charge is 0.335 e. The van der Waals surface area contributed by atoms with Crippen LogP contribution in [0.2, 0.25) is 36.3 Å². The molecule has 4 rings (SSSR count). The first kappa shape index (κ1) is 40.4. The van der Waals surface area contributed by atoms with Crippen LogP contribution >= 0.6 is 0 Å². The first-order valence-electron chi connectivity index (χ1n) is 18.0. The first-order chi connectivity index (χ1) is 23.5. The van der Waals surface area contributed by atoms with Crippen LogP contribution in [-0.2, 0) is 28.1 Å². The van der Waals surface area contributed by atoms with Gasteiger partial charge in [-0.25, -0.2) is 9.18 Å². The van der Waals surface area contributed by atoms with E-state index in [-0.39, 0.29) is 41.2 Å². The summed E-state index contributed by atoms with van der Waals surface area (Å²) in [5, 5.41) is 1.41. The largest absolute Gasteiger partial charge is 0.413 e. The Balaban J connectivity index is 1.82. The number of amides is 2. The molecule has 1 aromatic heterocycles. The van der Waals surface area contributed by atoms with Gasteiger partial charge in [0, 0.05) is 47.5 Å². The van der Waals surface area contributed by atoms with Crippen molar-refractivity contribution in [3.8, 4) is 11.1 Å². The summed E-state index contributed by atoms with van der Waals surface area (Å²) in [5.41, 5.74) is 3.94. The van der Waals surface area contributed by atoms with Crippen molar-refractivity contribution in [3.05, 3.63) is 66.1 Å². The lowest BCUT2D eigenvalue weighted by molar-refractivity contribution is -0.198. The number of benzene rings is 2. The van der Waals surface area contributed by atoms with Gasteiger partial charge >= 0.3 is 5.97 Å². The van der Waals surface area contributed by atoms with Crippen molar-refractivity contribution in [1.29, 1.82) is 0 Å². The standard InChI is InChI=1S/C40H57FN2O6Si2/c1-27(2)42-33-16-14-13-15-32(33)38(28-17-19-29(41)20-18-28)34(42)22-21-30(48-50(9,10)39(3,4)5)25-31(49-51(11,12)40(6,7)8)26-37(46)47-43-35(44)23-24-36(43)45/h13-22,27,30-31H,23-26H2,1-12H3/b22-21+/t30-,31-/m1/s1. The van der Waals surface area contributed by atoms with Gasteiger partial charge in [0.05, 0.1) is 18.6 Å². The van der Waals surface area contributed by atoms with E-state index in [0.29, 0.717) is 11.5 Å². The summed E-state index contributed by atoms with van der Waals surface area (Å²) in [6, 6.07) is 15.0. The van der Waals surface area contributed by atoms with E-state index in [4.69, 9.17) is 13.7 Å². The summed E-state index contributed by atoms with van der Waals surface area (Å²) in [4.78, 5) is 43.2. The van der Waals surface area contributed by atoms with Crippen LogP contribution in [0.4, 0.5) is 4.39 Å². The van der Waals surface area contributed by atoms with Gasteiger partial charge in [-0.1, -0.05) is 78.0 Å². The minimum absolute atomic E-state index is 0.0241. The number of halogens is 1. The number of rotatable bonds is 13. The molecule has 2 heterocycles. The maximum absolute atomic E-state index is 14.1. The SMILES string of the molecule is CC(C)n1c(/C=C/[C@H](C[C@H](CC(=O)ON2C(=O)CCC2=O)O[Si](C)(C)C(C)(C)C)O[Si](C)(C)C(C)(C)C)c(-c2ccc(F)cc2)c2ccccc21. The molecule has 2 amide bonds.